The van der Waals surface area contributed by atoms with Crippen LogP contribution in [-0.4, -0.2) is 18.4 Å². The fourth-order valence-electron chi connectivity index (χ4n) is 5.76. The second-order valence-electron chi connectivity index (χ2n) is 8.38. The van der Waals surface area contributed by atoms with Crippen molar-refractivity contribution in [1.29, 1.82) is 0 Å². The van der Waals surface area contributed by atoms with Crippen LogP contribution in [0.25, 0.3) is 0 Å². The Bertz CT molecular complexity index is 680. The number of hydrogen-bond acceptors (Lipinski definition) is 4. The Morgan fingerprint density at radius 2 is 1.69 bits per heavy atom. The highest BCUT2D eigenvalue weighted by molar-refractivity contribution is 5.94. The number of esters is 1. The van der Waals surface area contributed by atoms with Crippen LogP contribution in [0.5, 0.6) is 5.75 Å². The highest BCUT2D eigenvalue weighted by Crippen LogP contribution is 2.56. The highest BCUT2D eigenvalue weighted by Gasteiger charge is 2.51. The van der Waals surface area contributed by atoms with Crippen molar-refractivity contribution < 1.29 is 19.1 Å². The Labute approximate surface area is 155 Å². The maximum absolute atomic E-state index is 12.9. The minimum absolute atomic E-state index is 0.00154. The van der Waals surface area contributed by atoms with Crippen molar-refractivity contribution in [2.75, 3.05) is 6.61 Å². The predicted molar refractivity (Wildman–Crippen MR) is 97.9 cm³/mol. The molecule has 4 bridgehead atoms. The Hall–Kier alpha value is -1.84. The number of carbonyl (C=O) groups is 2. The molecule has 4 fully saturated rings. The molecule has 4 aliphatic rings. The lowest BCUT2D eigenvalue weighted by atomic mass is 9.52. The van der Waals surface area contributed by atoms with Crippen LogP contribution in [0, 0.1) is 29.6 Å². The predicted octanol–water partition coefficient (Wildman–Crippen LogP) is 4.40. The summed E-state index contributed by atoms with van der Waals surface area (Å²) in [5.74, 6) is 3.46. The monoisotopic (exact) mass is 356 g/mol. The molecule has 4 heteroatoms. The average Bonchev–Trinajstić information content (AvgIpc) is 2.60. The Balaban J connectivity index is 1.46. The molecule has 0 aromatic heterocycles. The Kier molecular flexibility index (Phi) is 4.76. The maximum atomic E-state index is 12.9. The van der Waals surface area contributed by atoms with Gasteiger partial charge in [0.25, 0.3) is 0 Å². The van der Waals surface area contributed by atoms with Gasteiger partial charge in [0.1, 0.15) is 12.4 Å². The molecule has 4 saturated carbocycles. The number of Topliss-reactive ketones (excluding diaryl/α,β-unsaturated/α-hetero) is 1. The SMILES string of the molecule is CCOc1ccc(C(C)=O)cc1COC(=O)C1C2CC3CC(C2)CC1C3. The first-order valence-electron chi connectivity index (χ1n) is 9.98. The molecule has 0 aliphatic heterocycles. The van der Waals surface area contributed by atoms with E-state index in [1.54, 1.807) is 25.1 Å². The summed E-state index contributed by atoms with van der Waals surface area (Å²) in [6.45, 7) is 4.18. The van der Waals surface area contributed by atoms with Gasteiger partial charge in [-0.3, -0.25) is 9.59 Å². The number of carbonyl (C=O) groups excluding carboxylic acids is 2. The Morgan fingerprint density at radius 1 is 1.04 bits per heavy atom. The van der Waals surface area contributed by atoms with E-state index >= 15 is 0 Å². The van der Waals surface area contributed by atoms with Gasteiger partial charge in [0.2, 0.25) is 0 Å². The van der Waals surface area contributed by atoms with Gasteiger partial charge in [0.05, 0.1) is 12.5 Å². The van der Waals surface area contributed by atoms with Crippen molar-refractivity contribution in [3.63, 3.8) is 0 Å². The quantitative estimate of drug-likeness (QED) is 0.560. The van der Waals surface area contributed by atoms with E-state index in [0.29, 0.717) is 29.8 Å². The zero-order chi connectivity index (χ0) is 18.3. The van der Waals surface area contributed by atoms with Crippen LogP contribution >= 0.6 is 0 Å². The molecule has 1 aromatic rings. The summed E-state index contributed by atoms with van der Waals surface area (Å²) in [4.78, 5) is 24.5. The Morgan fingerprint density at radius 3 is 2.27 bits per heavy atom. The van der Waals surface area contributed by atoms with E-state index in [2.05, 4.69) is 0 Å². The molecule has 0 saturated heterocycles. The van der Waals surface area contributed by atoms with Crippen molar-refractivity contribution in [3.8, 4) is 5.75 Å². The summed E-state index contributed by atoms with van der Waals surface area (Å²) in [6.07, 6.45) is 6.20. The minimum atomic E-state index is -0.0468. The van der Waals surface area contributed by atoms with Crippen molar-refractivity contribution in [1.82, 2.24) is 0 Å². The number of ketones is 1. The molecule has 0 atom stereocenters. The summed E-state index contributed by atoms with van der Waals surface area (Å²) in [6, 6.07) is 5.35. The van der Waals surface area contributed by atoms with Crippen LogP contribution in [0.1, 0.15) is 61.9 Å². The van der Waals surface area contributed by atoms with Gasteiger partial charge in [0.15, 0.2) is 5.78 Å². The molecule has 0 amide bonds. The molecule has 1 aromatic carbocycles. The first-order valence-corrected chi connectivity index (χ1v) is 9.98. The summed E-state index contributed by atoms with van der Waals surface area (Å²) >= 11 is 0. The maximum Gasteiger partial charge on any atom is 0.309 e. The van der Waals surface area contributed by atoms with E-state index < -0.39 is 0 Å². The molecule has 140 valence electrons. The zero-order valence-corrected chi connectivity index (χ0v) is 15.7. The van der Waals surface area contributed by atoms with Crippen molar-refractivity contribution in [2.24, 2.45) is 29.6 Å². The molecular formula is C22H28O4. The van der Waals surface area contributed by atoms with E-state index in [1.807, 2.05) is 6.92 Å². The average molecular weight is 356 g/mol. The van der Waals surface area contributed by atoms with E-state index in [-0.39, 0.29) is 24.3 Å². The number of rotatable bonds is 6. The topological polar surface area (TPSA) is 52.6 Å². The van der Waals surface area contributed by atoms with Crippen LogP contribution in [0.4, 0.5) is 0 Å². The largest absolute Gasteiger partial charge is 0.493 e. The lowest BCUT2D eigenvalue weighted by molar-refractivity contribution is -0.163. The molecule has 5 rings (SSSR count). The third kappa shape index (κ3) is 3.26. The molecule has 0 N–H and O–H groups in total. The van der Waals surface area contributed by atoms with Crippen LogP contribution in [-0.2, 0) is 16.1 Å². The molecule has 0 radical (unpaired) electrons. The van der Waals surface area contributed by atoms with Gasteiger partial charge in [0, 0.05) is 11.1 Å². The molecule has 4 nitrogen and oxygen atoms in total. The van der Waals surface area contributed by atoms with Gasteiger partial charge in [-0.05, 0) is 87.8 Å². The van der Waals surface area contributed by atoms with Crippen molar-refractivity contribution in [2.45, 2.75) is 52.6 Å². The van der Waals surface area contributed by atoms with Gasteiger partial charge >= 0.3 is 5.97 Å². The van der Waals surface area contributed by atoms with Crippen molar-refractivity contribution >= 4 is 11.8 Å². The van der Waals surface area contributed by atoms with Crippen LogP contribution in [0.3, 0.4) is 0 Å². The first-order chi connectivity index (χ1) is 12.5. The number of benzene rings is 1. The summed E-state index contributed by atoms with van der Waals surface area (Å²) in [7, 11) is 0. The second kappa shape index (κ2) is 7.05. The second-order valence-corrected chi connectivity index (χ2v) is 8.38. The minimum Gasteiger partial charge on any atom is -0.493 e. The first kappa shape index (κ1) is 17.6. The van der Waals surface area contributed by atoms with Gasteiger partial charge in [-0.1, -0.05) is 0 Å². The van der Waals surface area contributed by atoms with E-state index in [1.165, 1.54) is 32.1 Å². The van der Waals surface area contributed by atoms with E-state index in [4.69, 9.17) is 9.47 Å². The van der Waals surface area contributed by atoms with E-state index in [0.717, 1.165) is 17.4 Å². The fraction of sp³-hybridized carbons (Fsp3) is 0.636. The number of hydrogen-bond donors (Lipinski definition) is 0. The zero-order valence-electron chi connectivity index (χ0n) is 15.7. The highest BCUT2D eigenvalue weighted by atomic mass is 16.5. The molecule has 0 heterocycles. The van der Waals surface area contributed by atoms with E-state index in [9.17, 15) is 9.59 Å². The van der Waals surface area contributed by atoms with Crippen molar-refractivity contribution in [3.05, 3.63) is 29.3 Å². The number of ether oxygens (including phenoxy) is 2. The van der Waals surface area contributed by atoms with Crippen LogP contribution in [0.2, 0.25) is 0 Å². The normalized spacial score (nSPS) is 31.7. The molecule has 0 spiro atoms. The summed E-state index contributed by atoms with van der Waals surface area (Å²) < 4.78 is 11.4. The summed E-state index contributed by atoms with van der Waals surface area (Å²) in [5, 5.41) is 0. The standard InChI is InChI=1S/C22H28O4/c1-3-25-20-5-4-16(13(2)23)11-19(20)12-26-22(24)21-17-7-14-6-15(9-17)10-18(21)8-14/h4-5,11,14-15,17-18,21H,3,6-10,12H2,1-2H3. The third-order valence-electron chi connectivity index (χ3n) is 6.64. The lowest BCUT2D eigenvalue weighted by Crippen LogP contribution is -2.48. The smallest absolute Gasteiger partial charge is 0.309 e. The molecule has 0 unspecified atom stereocenters. The lowest BCUT2D eigenvalue weighted by Gasteiger charge is -2.53. The van der Waals surface area contributed by atoms with Crippen LogP contribution in [0.15, 0.2) is 18.2 Å². The third-order valence-corrected chi connectivity index (χ3v) is 6.64. The van der Waals surface area contributed by atoms with Crippen LogP contribution < -0.4 is 4.74 Å². The van der Waals surface area contributed by atoms with Gasteiger partial charge in [-0.15, -0.1) is 0 Å². The van der Waals surface area contributed by atoms with Gasteiger partial charge < -0.3 is 9.47 Å². The molecule has 4 aliphatic carbocycles. The van der Waals surface area contributed by atoms with Gasteiger partial charge in [-0.2, -0.15) is 0 Å². The molecular weight excluding hydrogens is 328 g/mol. The fourth-order valence-corrected chi connectivity index (χ4v) is 5.76. The van der Waals surface area contributed by atoms with Gasteiger partial charge in [-0.25, -0.2) is 0 Å². The molecule has 26 heavy (non-hydrogen) atoms. The summed E-state index contributed by atoms with van der Waals surface area (Å²) in [5.41, 5.74) is 1.39.